The zero-order valence-electron chi connectivity index (χ0n) is 6.79. The topological polar surface area (TPSA) is 46.3 Å². The second-order valence-corrected chi connectivity index (χ2v) is 2.69. The Balaban J connectivity index is 2.64. The van der Waals surface area contributed by atoms with Gasteiger partial charge in [-0.1, -0.05) is 19.1 Å². The Labute approximate surface area is 66.9 Å². The van der Waals surface area contributed by atoms with Crippen molar-refractivity contribution in [1.29, 1.82) is 0 Å². The standard InChI is InChI=1S/C8H14N2O/c1-2-10-6-4-3-5-7(10)8(9)11/h3,5,7H,2,4,6H2,1H3,(H2,9,11). The lowest BCUT2D eigenvalue weighted by Gasteiger charge is -2.28. The summed E-state index contributed by atoms with van der Waals surface area (Å²) in [4.78, 5) is 12.9. The minimum absolute atomic E-state index is 0.172. The van der Waals surface area contributed by atoms with Gasteiger partial charge in [-0.25, -0.2) is 0 Å². The minimum Gasteiger partial charge on any atom is -0.368 e. The van der Waals surface area contributed by atoms with Gasteiger partial charge in [0.05, 0.1) is 0 Å². The van der Waals surface area contributed by atoms with Gasteiger partial charge in [0, 0.05) is 6.54 Å². The van der Waals surface area contributed by atoms with Gasteiger partial charge in [0.1, 0.15) is 6.04 Å². The molecule has 0 aromatic heterocycles. The van der Waals surface area contributed by atoms with Crippen molar-refractivity contribution in [1.82, 2.24) is 4.90 Å². The summed E-state index contributed by atoms with van der Waals surface area (Å²) < 4.78 is 0. The molecular formula is C8H14N2O. The van der Waals surface area contributed by atoms with E-state index in [1.54, 1.807) is 0 Å². The van der Waals surface area contributed by atoms with Crippen molar-refractivity contribution < 1.29 is 4.79 Å². The van der Waals surface area contributed by atoms with Crippen LogP contribution in [-0.4, -0.2) is 29.9 Å². The van der Waals surface area contributed by atoms with Gasteiger partial charge in [0.2, 0.25) is 5.91 Å². The molecular weight excluding hydrogens is 140 g/mol. The van der Waals surface area contributed by atoms with Crippen molar-refractivity contribution in [2.45, 2.75) is 19.4 Å². The third kappa shape index (κ3) is 1.80. The smallest absolute Gasteiger partial charge is 0.238 e. The van der Waals surface area contributed by atoms with Crippen LogP contribution in [0.4, 0.5) is 0 Å². The van der Waals surface area contributed by atoms with Crippen LogP contribution in [0.3, 0.4) is 0 Å². The molecule has 1 unspecified atom stereocenters. The molecule has 1 amide bonds. The van der Waals surface area contributed by atoms with E-state index in [1.807, 2.05) is 19.1 Å². The fourth-order valence-electron chi connectivity index (χ4n) is 1.36. The maximum Gasteiger partial charge on any atom is 0.238 e. The molecule has 0 saturated heterocycles. The van der Waals surface area contributed by atoms with Crippen molar-refractivity contribution in [2.24, 2.45) is 5.73 Å². The molecule has 1 aliphatic rings. The summed E-state index contributed by atoms with van der Waals surface area (Å²) in [6.07, 6.45) is 4.93. The van der Waals surface area contributed by atoms with Crippen LogP contribution in [0.25, 0.3) is 0 Å². The zero-order chi connectivity index (χ0) is 8.27. The predicted molar refractivity (Wildman–Crippen MR) is 44.0 cm³/mol. The molecule has 0 saturated carbocycles. The molecule has 1 atom stereocenters. The number of nitrogens with zero attached hydrogens (tertiary/aromatic N) is 1. The Morgan fingerprint density at radius 1 is 1.82 bits per heavy atom. The molecule has 3 nitrogen and oxygen atoms in total. The highest BCUT2D eigenvalue weighted by Crippen LogP contribution is 2.08. The van der Waals surface area contributed by atoms with Gasteiger partial charge in [0.15, 0.2) is 0 Å². The van der Waals surface area contributed by atoms with E-state index in [1.165, 1.54) is 0 Å². The first kappa shape index (κ1) is 8.27. The van der Waals surface area contributed by atoms with Crippen LogP contribution in [-0.2, 0) is 4.79 Å². The van der Waals surface area contributed by atoms with Gasteiger partial charge in [-0.05, 0) is 13.0 Å². The number of amides is 1. The molecule has 1 aliphatic heterocycles. The van der Waals surface area contributed by atoms with Crippen molar-refractivity contribution in [3.8, 4) is 0 Å². The number of primary amides is 1. The Kier molecular flexibility index (Phi) is 2.65. The van der Waals surface area contributed by atoms with Crippen LogP contribution in [0.5, 0.6) is 0 Å². The second-order valence-electron chi connectivity index (χ2n) is 2.69. The fraction of sp³-hybridized carbons (Fsp3) is 0.625. The maximum atomic E-state index is 10.9. The highest BCUT2D eigenvalue weighted by atomic mass is 16.1. The first-order valence-electron chi connectivity index (χ1n) is 3.95. The molecule has 0 aromatic carbocycles. The summed E-state index contributed by atoms with van der Waals surface area (Å²) in [6, 6.07) is -0.172. The summed E-state index contributed by atoms with van der Waals surface area (Å²) in [7, 11) is 0. The number of hydrogen-bond donors (Lipinski definition) is 1. The molecule has 1 rings (SSSR count). The lowest BCUT2D eigenvalue weighted by Crippen LogP contribution is -2.45. The van der Waals surface area contributed by atoms with Gasteiger partial charge in [0.25, 0.3) is 0 Å². The van der Waals surface area contributed by atoms with Crippen LogP contribution < -0.4 is 5.73 Å². The Hall–Kier alpha value is -0.830. The fourth-order valence-corrected chi connectivity index (χ4v) is 1.36. The third-order valence-electron chi connectivity index (χ3n) is 1.99. The predicted octanol–water partition coefficient (Wildman–Crippen LogP) is 0.122. The van der Waals surface area contributed by atoms with Crippen molar-refractivity contribution in [2.75, 3.05) is 13.1 Å². The molecule has 2 N–H and O–H groups in total. The molecule has 0 aromatic rings. The number of carbonyl (C=O) groups is 1. The lowest BCUT2D eigenvalue weighted by atomic mass is 10.1. The molecule has 0 fully saturated rings. The van der Waals surface area contributed by atoms with E-state index in [0.717, 1.165) is 19.5 Å². The highest BCUT2D eigenvalue weighted by Gasteiger charge is 2.20. The summed E-state index contributed by atoms with van der Waals surface area (Å²) >= 11 is 0. The van der Waals surface area contributed by atoms with Crippen molar-refractivity contribution in [3.05, 3.63) is 12.2 Å². The van der Waals surface area contributed by atoms with E-state index in [2.05, 4.69) is 4.90 Å². The molecule has 0 spiro atoms. The molecule has 0 bridgehead atoms. The number of rotatable bonds is 2. The van der Waals surface area contributed by atoms with Crippen molar-refractivity contribution >= 4 is 5.91 Å². The largest absolute Gasteiger partial charge is 0.368 e. The average Bonchev–Trinajstić information content (AvgIpc) is 2.04. The second kappa shape index (κ2) is 3.53. The zero-order valence-corrected chi connectivity index (χ0v) is 6.79. The molecule has 1 heterocycles. The monoisotopic (exact) mass is 154 g/mol. The van der Waals surface area contributed by atoms with Crippen LogP contribution in [0.1, 0.15) is 13.3 Å². The van der Waals surface area contributed by atoms with Crippen LogP contribution in [0, 0.1) is 0 Å². The third-order valence-corrected chi connectivity index (χ3v) is 1.99. The van der Waals surface area contributed by atoms with Gasteiger partial charge in [-0.2, -0.15) is 0 Å². The number of carbonyl (C=O) groups excluding carboxylic acids is 1. The van der Waals surface area contributed by atoms with Crippen LogP contribution in [0.15, 0.2) is 12.2 Å². The number of likely N-dealkylation sites (N-methyl/N-ethyl adjacent to an activating group) is 1. The number of nitrogens with two attached hydrogens (primary N) is 1. The van der Waals surface area contributed by atoms with E-state index in [4.69, 9.17) is 5.73 Å². The van der Waals surface area contributed by atoms with E-state index < -0.39 is 0 Å². The molecule has 3 heteroatoms. The van der Waals surface area contributed by atoms with Gasteiger partial charge < -0.3 is 5.73 Å². The van der Waals surface area contributed by atoms with Gasteiger partial charge in [-0.3, -0.25) is 9.69 Å². The molecule has 62 valence electrons. The Bertz CT molecular complexity index is 177. The molecule has 0 radical (unpaired) electrons. The van der Waals surface area contributed by atoms with Crippen molar-refractivity contribution in [3.63, 3.8) is 0 Å². The summed E-state index contributed by atoms with van der Waals surface area (Å²) in [5, 5.41) is 0. The Morgan fingerprint density at radius 2 is 2.55 bits per heavy atom. The average molecular weight is 154 g/mol. The van der Waals surface area contributed by atoms with E-state index in [9.17, 15) is 4.79 Å². The maximum absolute atomic E-state index is 10.9. The first-order chi connectivity index (χ1) is 5.25. The highest BCUT2D eigenvalue weighted by molar-refractivity contribution is 5.82. The Morgan fingerprint density at radius 3 is 3.00 bits per heavy atom. The summed E-state index contributed by atoms with van der Waals surface area (Å²) in [5.74, 6) is -0.247. The number of hydrogen-bond acceptors (Lipinski definition) is 2. The quantitative estimate of drug-likeness (QED) is 0.574. The van der Waals surface area contributed by atoms with E-state index >= 15 is 0 Å². The SMILES string of the molecule is CCN1CCC=CC1C(N)=O. The molecule has 0 aliphatic carbocycles. The van der Waals surface area contributed by atoms with Crippen LogP contribution in [0.2, 0.25) is 0 Å². The molecule has 11 heavy (non-hydrogen) atoms. The van der Waals surface area contributed by atoms with Gasteiger partial charge in [-0.15, -0.1) is 0 Å². The first-order valence-corrected chi connectivity index (χ1v) is 3.95. The van der Waals surface area contributed by atoms with Crippen LogP contribution >= 0.6 is 0 Å². The normalized spacial score (nSPS) is 25.4. The minimum atomic E-state index is -0.247. The lowest BCUT2D eigenvalue weighted by molar-refractivity contribution is -0.121. The summed E-state index contributed by atoms with van der Waals surface area (Å²) in [6.45, 7) is 3.87. The van der Waals surface area contributed by atoms with E-state index in [-0.39, 0.29) is 11.9 Å². The summed E-state index contributed by atoms with van der Waals surface area (Å²) in [5.41, 5.74) is 5.20. The van der Waals surface area contributed by atoms with Gasteiger partial charge >= 0.3 is 0 Å². The van der Waals surface area contributed by atoms with E-state index in [0.29, 0.717) is 0 Å².